The zero-order valence-electron chi connectivity index (χ0n) is 17.3. The Hall–Kier alpha value is -3.70. The molecule has 1 saturated heterocycles. The number of imidazole rings is 1. The van der Waals surface area contributed by atoms with Gasteiger partial charge in [-0.2, -0.15) is 0 Å². The van der Waals surface area contributed by atoms with Gasteiger partial charge in [0, 0.05) is 30.8 Å². The van der Waals surface area contributed by atoms with Gasteiger partial charge in [0.05, 0.1) is 19.9 Å². The van der Waals surface area contributed by atoms with E-state index >= 15 is 0 Å². The average Bonchev–Trinajstić information content (AvgIpc) is 3.25. The van der Waals surface area contributed by atoms with E-state index in [0.717, 1.165) is 6.20 Å². The second-order valence-corrected chi connectivity index (χ2v) is 7.28. The maximum atomic E-state index is 13.2. The van der Waals surface area contributed by atoms with Gasteiger partial charge in [-0.3, -0.25) is 9.20 Å². The second-order valence-electron chi connectivity index (χ2n) is 7.28. The minimum atomic E-state index is -2.69. The van der Waals surface area contributed by atoms with Crippen molar-refractivity contribution in [2.75, 3.05) is 13.7 Å². The number of carbonyl (C=O) groups excluding carboxylic acids is 2. The van der Waals surface area contributed by atoms with Crippen molar-refractivity contribution in [1.82, 2.24) is 29.2 Å². The molecule has 2 atom stereocenters. The summed E-state index contributed by atoms with van der Waals surface area (Å²) in [6, 6.07) is -0.143. The SMILES string of the molecule is COC(=O)c1nccnc1C(=O)N1C[C@H](Oc2nccn3c(C(F)F)cnc23)CC[C@H]1C. The van der Waals surface area contributed by atoms with Gasteiger partial charge in [0.25, 0.3) is 18.2 Å². The molecule has 12 heteroatoms. The Morgan fingerprint density at radius 3 is 2.56 bits per heavy atom. The normalized spacial score (nSPS) is 18.7. The number of fused-ring (bicyclic) bond motifs is 1. The second kappa shape index (κ2) is 8.81. The zero-order valence-corrected chi connectivity index (χ0v) is 17.3. The smallest absolute Gasteiger partial charge is 0.359 e. The summed E-state index contributed by atoms with van der Waals surface area (Å²) in [5, 5.41) is 0. The Kier molecular flexibility index (Phi) is 5.93. The monoisotopic (exact) mass is 446 g/mol. The highest BCUT2D eigenvalue weighted by atomic mass is 19.3. The summed E-state index contributed by atoms with van der Waals surface area (Å²) in [7, 11) is 1.20. The third-order valence-corrected chi connectivity index (χ3v) is 5.31. The first-order valence-corrected chi connectivity index (χ1v) is 9.87. The van der Waals surface area contributed by atoms with Crippen molar-refractivity contribution in [3.8, 4) is 5.88 Å². The van der Waals surface area contributed by atoms with E-state index in [1.54, 1.807) is 4.90 Å². The fraction of sp³-hybridized carbons (Fsp3) is 0.400. The molecule has 3 aromatic heterocycles. The highest BCUT2D eigenvalue weighted by molar-refractivity contribution is 6.02. The van der Waals surface area contributed by atoms with Crippen LogP contribution in [0.15, 0.2) is 31.0 Å². The Morgan fingerprint density at radius 1 is 1.09 bits per heavy atom. The first-order chi connectivity index (χ1) is 15.4. The molecule has 0 saturated carbocycles. The fourth-order valence-corrected chi connectivity index (χ4v) is 3.65. The molecule has 0 radical (unpaired) electrons. The Bertz CT molecular complexity index is 1150. The minimum Gasteiger partial charge on any atom is -0.470 e. The van der Waals surface area contributed by atoms with Gasteiger partial charge < -0.3 is 14.4 Å². The van der Waals surface area contributed by atoms with Crippen LogP contribution in [0.4, 0.5) is 8.78 Å². The van der Waals surface area contributed by atoms with Crippen LogP contribution >= 0.6 is 0 Å². The summed E-state index contributed by atoms with van der Waals surface area (Å²) in [4.78, 5) is 42.8. The number of piperidine rings is 1. The molecule has 1 amide bonds. The van der Waals surface area contributed by atoms with Crippen molar-refractivity contribution < 1.29 is 27.8 Å². The van der Waals surface area contributed by atoms with Crippen molar-refractivity contribution in [3.63, 3.8) is 0 Å². The summed E-state index contributed by atoms with van der Waals surface area (Å²) in [6.45, 7) is 2.06. The van der Waals surface area contributed by atoms with Crippen LogP contribution in [0, 0.1) is 0 Å². The van der Waals surface area contributed by atoms with E-state index < -0.39 is 24.4 Å². The number of hydrogen-bond acceptors (Lipinski definition) is 8. The van der Waals surface area contributed by atoms with Gasteiger partial charge >= 0.3 is 5.97 Å². The molecule has 10 nitrogen and oxygen atoms in total. The molecule has 0 unspecified atom stereocenters. The van der Waals surface area contributed by atoms with Crippen LogP contribution in [0.1, 0.15) is 52.9 Å². The van der Waals surface area contributed by atoms with Crippen LogP contribution in [0.2, 0.25) is 0 Å². The van der Waals surface area contributed by atoms with Crippen LogP contribution in [0.5, 0.6) is 5.88 Å². The number of hydrogen-bond donors (Lipinski definition) is 0. The summed E-state index contributed by atoms with van der Waals surface area (Å²) < 4.78 is 38.2. The number of rotatable bonds is 5. The van der Waals surface area contributed by atoms with Gasteiger partial charge in [0.1, 0.15) is 11.8 Å². The fourth-order valence-electron chi connectivity index (χ4n) is 3.65. The lowest BCUT2D eigenvalue weighted by Crippen LogP contribution is -2.49. The van der Waals surface area contributed by atoms with Gasteiger partial charge in [-0.05, 0) is 19.8 Å². The summed E-state index contributed by atoms with van der Waals surface area (Å²) in [5.74, 6) is -1.14. The van der Waals surface area contributed by atoms with Gasteiger partial charge in [-0.25, -0.2) is 33.5 Å². The first-order valence-electron chi connectivity index (χ1n) is 9.87. The molecule has 3 aromatic rings. The number of amides is 1. The van der Waals surface area contributed by atoms with E-state index in [9.17, 15) is 18.4 Å². The number of methoxy groups -OCH3 is 1. The number of likely N-dealkylation sites (tertiary alicyclic amines) is 1. The van der Waals surface area contributed by atoms with Crippen molar-refractivity contribution in [2.45, 2.75) is 38.3 Å². The molecule has 0 aromatic carbocycles. The molecule has 0 bridgehead atoms. The lowest BCUT2D eigenvalue weighted by atomic mass is 10.0. The number of aromatic nitrogens is 5. The standard InChI is InChI=1S/C20H20F2N6O4/c1-11-3-4-12(32-18-17-26-9-13(16(21)22)27(17)8-7-25-18)10-28(11)19(29)14-15(20(30)31-2)24-6-5-23-14/h5-9,11-12,16H,3-4,10H2,1-2H3/t11-,12-/m1/s1. The predicted octanol–water partition coefficient (Wildman–Crippen LogP) is 2.32. The number of halogens is 2. The molecular weight excluding hydrogens is 426 g/mol. The predicted molar refractivity (Wildman–Crippen MR) is 105 cm³/mol. The van der Waals surface area contributed by atoms with E-state index in [2.05, 4.69) is 19.9 Å². The largest absolute Gasteiger partial charge is 0.470 e. The molecular formula is C20H20F2N6O4. The Labute approximate surface area is 181 Å². The quantitative estimate of drug-likeness (QED) is 0.549. The molecule has 1 aliphatic rings. The maximum Gasteiger partial charge on any atom is 0.359 e. The molecule has 0 spiro atoms. The van der Waals surface area contributed by atoms with Gasteiger partial charge in [0.2, 0.25) is 5.65 Å². The Morgan fingerprint density at radius 2 is 1.84 bits per heavy atom. The molecule has 1 fully saturated rings. The van der Waals surface area contributed by atoms with Gasteiger partial charge in [-0.1, -0.05) is 0 Å². The van der Waals surface area contributed by atoms with Crippen molar-refractivity contribution in [1.29, 1.82) is 0 Å². The molecule has 4 heterocycles. The Balaban J connectivity index is 1.57. The van der Waals surface area contributed by atoms with Crippen LogP contribution in [-0.2, 0) is 4.74 Å². The van der Waals surface area contributed by atoms with Crippen LogP contribution in [0.3, 0.4) is 0 Å². The van der Waals surface area contributed by atoms with Crippen molar-refractivity contribution >= 4 is 17.5 Å². The summed E-state index contributed by atoms with van der Waals surface area (Å²) in [6.07, 6.45) is 4.52. The van der Waals surface area contributed by atoms with Crippen LogP contribution in [-0.4, -0.2) is 66.9 Å². The maximum absolute atomic E-state index is 13.2. The molecule has 4 rings (SSSR count). The number of esters is 1. The van der Waals surface area contributed by atoms with Crippen molar-refractivity contribution in [3.05, 3.63) is 48.1 Å². The number of nitrogens with zero attached hydrogens (tertiary/aromatic N) is 6. The van der Waals surface area contributed by atoms with Gasteiger partial charge in [-0.15, -0.1) is 0 Å². The highest BCUT2D eigenvalue weighted by Gasteiger charge is 2.34. The zero-order chi connectivity index (χ0) is 22.8. The van der Waals surface area contributed by atoms with E-state index in [4.69, 9.17) is 9.47 Å². The number of alkyl halides is 2. The lowest BCUT2D eigenvalue weighted by Gasteiger charge is -2.37. The third-order valence-electron chi connectivity index (χ3n) is 5.31. The van der Waals surface area contributed by atoms with Crippen LogP contribution in [0.25, 0.3) is 5.65 Å². The van der Waals surface area contributed by atoms with Crippen molar-refractivity contribution in [2.24, 2.45) is 0 Å². The number of ether oxygens (including phenoxy) is 2. The van der Waals surface area contributed by atoms with E-state index in [-0.39, 0.29) is 41.2 Å². The summed E-state index contributed by atoms with van der Waals surface area (Å²) >= 11 is 0. The summed E-state index contributed by atoms with van der Waals surface area (Å²) in [5.41, 5.74) is -0.374. The molecule has 168 valence electrons. The van der Waals surface area contributed by atoms with E-state index in [1.165, 1.54) is 36.3 Å². The average molecular weight is 446 g/mol. The number of carbonyl (C=O) groups is 2. The van der Waals surface area contributed by atoms with Crippen LogP contribution < -0.4 is 4.74 Å². The molecule has 1 aliphatic heterocycles. The minimum absolute atomic E-state index is 0.0982. The molecule has 0 aliphatic carbocycles. The first kappa shape index (κ1) is 21.5. The van der Waals surface area contributed by atoms with Gasteiger partial charge in [0.15, 0.2) is 11.4 Å². The third kappa shape index (κ3) is 3.95. The highest BCUT2D eigenvalue weighted by Crippen LogP contribution is 2.27. The topological polar surface area (TPSA) is 112 Å². The van der Waals surface area contributed by atoms with E-state index in [1.807, 2.05) is 6.92 Å². The molecule has 32 heavy (non-hydrogen) atoms. The molecule has 0 N–H and O–H groups in total. The van der Waals surface area contributed by atoms with E-state index in [0.29, 0.717) is 12.8 Å². The lowest BCUT2D eigenvalue weighted by molar-refractivity contribution is 0.0363.